The Labute approximate surface area is 118 Å². The summed E-state index contributed by atoms with van der Waals surface area (Å²) >= 11 is 3.49. The third-order valence-electron chi connectivity index (χ3n) is 2.55. The summed E-state index contributed by atoms with van der Waals surface area (Å²) in [4.78, 5) is 0. The van der Waals surface area contributed by atoms with Crippen LogP contribution in [0.25, 0.3) is 16.3 Å². The largest absolute Gasteiger partial charge is 1.00 e. The molecule has 0 amide bonds. The highest BCUT2D eigenvalue weighted by molar-refractivity contribution is 9.10. The number of fused-ring (bicyclic) bond motifs is 2. The molecule has 0 radical (unpaired) electrons. The third-order valence-corrected chi connectivity index (χ3v) is 3.05. The van der Waals surface area contributed by atoms with Crippen molar-refractivity contribution in [3.8, 4) is 0 Å². The first-order valence-corrected chi connectivity index (χ1v) is 5.61. The van der Waals surface area contributed by atoms with Crippen LogP contribution < -0.4 is 21.4 Å². The number of rotatable bonds is 0. The molecule has 0 saturated carbocycles. The first-order valence-electron chi connectivity index (χ1n) is 4.82. The normalized spacial score (nSPS) is 9.71. The van der Waals surface area contributed by atoms with E-state index in [4.69, 9.17) is 0 Å². The van der Waals surface area contributed by atoms with Gasteiger partial charge in [-0.1, -0.05) is 15.9 Å². The lowest BCUT2D eigenvalue weighted by molar-refractivity contribution is -0.510. The van der Waals surface area contributed by atoms with E-state index in [2.05, 4.69) is 69.1 Å². The van der Waals surface area contributed by atoms with Gasteiger partial charge in [-0.25, -0.2) is 0 Å². The van der Waals surface area contributed by atoms with Gasteiger partial charge in [-0.2, -0.15) is 4.40 Å². The van der Waals surface area contributed by atoms with Crippen molar-refractivity contribution in [2.45, 2.75) is 0 Å². The molecular formula is C13H11Br2NO. The van der Waals surface area contributed by atoms with Crippen molar-refractivity contribution >= 4 is 32.2 Å². The molecule has 0 aliphatic heterocycles. The lowest BCUT2D eigenvalue weighted by atomic mass is 10.1. The third kappa shape index (κ3) is 2.65. The smallest absolute Gasteiger partial charge is 0.211 e. The molecule has 3 aromatic rings. The maximum atomic E-state index is 3.49. The SMILES string of the molecule is Brc1ccc2c[n+]3ccccc3cc2c1.O.[Br-]. The van der Waals surface area contributed by atoms with Gasteiger partial charge in [0, 0.05) is 28.1 Å². The molecule has 0 aliphatic rings. The van der Waals surface area contributed by atoms with E-state index in [1.165, 1.54) is 16.3 Å². The van der Waals surface area contributed by atoms with E-state index in [1.807, 2.05) is 6.07 Å². The van der Waals surface area contributed by atoms with Gasteiger partial charge in [0.2, 0.25) is 5.52 Å². The topological polar surface area (TPSA) is 35.6 Å². The van der Waals surface area contributed by atoms with Crippen molar-refractivity contribution < 1.29 is 26.9 Å². The summed E-state index contributed by atoms with van der Waals surface area (Å²) in [5, 5.41) is 2.51. The Morgan fingerprint density at radius 2 is 1.76 bits per heavy atom. The molecule has 4 heteroatoms. The molecule has 0 unspecified atom stereocenters. The lowest BCUT2D eigenvalue weighted by Crippen LogP contribution is -3.00. The zero-order valence-electron chi connectivity index (χ0n) is 8.90. The Morgan fingerprint density at radius 1 is 0.941 bits per heavy atom. The molecule has 0 saturated heterocycles. The molecule has 0 atom stereocenters. The predicted octanol–water partition coefficient (Wildman–Crippen LogP) is -0.480. The first kappa shape index (κ1) is 14.1. The quantitative estimate of drug-likeness (QED) is 0.385. The monoisotopic (exact) mass is 355 g/mol. The second kappa shape index (κ2) is 5.58. The summed E-state index contributed by atoms with van der Waals surface area (Å²) in [6.45, 7) is 0. The molecule has 2 aromatic heterocycles. The maximum Gasteiger partial charge on any atom is 0.211 e. The highest BCUT2D eigenvalue weighted by Crippen LogP contribution is 2.19. The molecule has 0 aliphatic carbocycles. The fraction of sp³-hybridized carbons (Fsp3) is 0. The van der Waals surface area contributed by atoms with Gasteiger partial charge in [0.05, 0.1) is 0 Å². The van der Waals surface area contributed by atoms with Crippen LogP contribution in [0.2, 0.25) is 0 Å². The summed E-state index contributed by atoms with van der Waals surface area (Å²) in [5.74, 6) is 0. The van der Waals surface area contributed by atoms with Gasteiger partial charge in [0.25, 0.3) is 0 Å². The number of nitrogens with zero attached hydrogens (tertiary/aromatic N) is 1. The Balaban J connectivity index is 0.000000722. The second-order valence-electron chi connectivity index (χ2n) is 3.58. The van der Waals surface area contributed by atoms with Crippen molar-refractivity contribution in [3.63, 3.8) is 0 Å². The Bertz CT molecular complexity index is 655. The van der Waals surface area contributed by atoms with E-state index in [9.17, 15) is 0 Å². The Hall–Kier alpha value is -0.970. The molecule has 88 valence electrons. The minimum Gasteiger partial charge on any atom is -1.00 e. The number of aromatic nitrogens is 1. The summed E-state index contributed by atoms with van der Waals surface area (Å²) in [5.41, 5.74) is 1.21. The number of pyridine rings is 2. The van der Waals surface area contributed by atoms with Crippen molar-refractivity contribution in [1.82, 2.24) is 0 Å². The maximum absolute atomic E-state index is 3.49. The molecule has 17 heavy (non-hydrogen) atoms. The van der Waals surface area contributed by atoms with E-state index in [0.29, 0.717) is 0 Å². The van der Waals surface area contributed by atoms with Gasteiger partial charge in [-0.3, -0.25) is 0 Å². The van der Waals surface area contributed by atoms with Gasteiger partial charge in [-0.15, -0.1) is 0 Å². The highest BCUT2D eigenvalue weighted by atomic mass is 79.9. The average molecular weight is 357 g/mol. The highest BCUT2D eigenvalue weighted by Gasteiger charge is 2.03. The first-order chi connectivity index (χ1) is 7.33. The minimum absolute atomic E-state index is 0. The molecule has 0 bridgehead atoms. The van der Waals surface area contributed by atoms with Gasteiger partial charge in [-0.05, 0) is 29.7 Å². The van der Waals surface area contributed by atoms with Crippen LogP contribution in [0.4, 0.5) is 0 Å². The summed E-state index contributed by atoms with van der Waals surface area (Å²) in [7, 11) is 0. The average Bonchev–Trinajstić information content (AvgIpc) is 2.26. The number of hydrogen-bond donors (Lipinski definition) is 0. The molecule has 1 aromatic carbocycles. The molecular weight excluding hydrogens is 346 g/mol. The van der Waals surface area contributed by atoms with E-state index in [0.717, 1.165) is 4.47 Å². The van der Waals surface area contributed by atoms with Crippen LogP contribution in [-0.2, 0) is 0 Å². The summed E-state index contributed by atoms with van der Waals surface area (Å²) in [6, 6.07) is 14.7. The Morgan fingerprint density at radius 3 is 2.59 bits per heavy atom. The summed E-state index contributed by atoms with van der Waals surface area (Å²) < 4.78 is 3.26. The number of halogens is 2. The summed E-state index contributed by atoms with van der Waals surface area (Å²) in [6.07, 6.45) is 4.22. The van der Waals surface area contributed by atoms with Crippen LogP contribution in [0.1, 0.15) is 0 Å². The minimum atomic E-state index is 0. The van der Waals surface area contributed by atoms with E-state index >= 15 is 0 Å². The molecule has 0 spiro atoms. The van der Waals surface area contributed by atoms with Gasteiger partial charge in [0.15, 0.2) is 12.4 Å². The van der Waals surface area contributed by atoms with Crippen molar-refractivity contribution in [2.75, 3.05) is 0 Å². The number of hydrogen-bond acceptors (Lipinski definition) is 0. The van der Waals surface area contributed by atoms with Crippen LogP contribution in [0, 0.1) is 0 Å². The molecule has 0 fully saturated rings. The molecule has 2 heterocycles. The molecule has 2 N–H and O–H groups in total. The lowest BCUT2D eigenvalue weighted by Gasteiger charge is -1.97. The van der Waals surface area contributed by atoms with Crippen LogP contribution >= 0.6 is 15.9 Å². The van der Waals surface area contributed by atoms with E-state index < -0.39 is 0 Å². The van der Waals surface area contributed by atoms with Crippen LogP contribution in [0.15, 0.2) is 59.3 Å². The zero-order chi connectivity index (χ0) is 10.3. The standard InChI is InChI=1S/C13H9BrN.BrH.H2O/c14-12-5-4-10-9-15-6-2-1-3-13(15)8-11(10)7-12;;/h1-9H;1H;1H2/q+1;;/p-1. The fourth-order valence-electron chi connectivity index (χ4n) is 1.81. The second-order valence-corrected chi connectivity index (χ2v) is 4.50. The molecule has 3 rings (SSSR count). The number of benzene rings is 1. The van der Waals surface area contributed by atoms with Gasteiger partial charge >= 0.3 is 0 Å². The fourth-order valence-corrected chi connectivity index (χ4v) is 2.19. The van der Waals surface area contributed by atoms with E-state index in [1.54, 1.807) is 0 Å². The van der Waals surface area contributed by atoms with Crippen molar-refractivity contribution in [1.29, 1.82) is 0 Å². The van der Waals surface area contributed by atoms with E-state index in [-0.39, 0.29) is 22.5 Å². The van der Waals surface area contributed by atoms with Crippen LogP contribution in [0.5, 0.6) is 0 Å². The van der Waals surface area contributed by atoms with Crippen LogP contribution in [-0.4, -0.2) is 5.48 Å². The zero-order valence-corrected chi connectivity index (χ0v) is 12.1. The van der Waals surface area contributed by atoms with Crippen LogP contribution in [0.3, 0.4) is 0 Å². The van der Waals surface area contributed by atoms with Crippen molar-refractivity contribution in [2.24, 2.45) is 0 Å². The molecule has 2 nitrogen and oxygen atoms in total. The Kier molecular flexibility index (Phi) is 4.62. The van der Waals surface area contributed by atoms with Crippen molar-refractivity contribution in [3.05, 3.63) is 59.3 Å². The predicted molar refractivity (Wildman–Crippen MR) is 68.4 cm³/mol. The van der Waals surface area contributed by atoms with Gasteiger partial charge < -0.3 is 22.5 Å². The van der Waals surface area contributed by atoms with Gasteiger partial charge in [0.1, 0.15) is 0 Å².